The standard InChI is InChI=1S/C16H26Cl2O6P2/c1-5-21-25(19,22-6-2)15(17)13-9-11-14(12-10-13)16(18)26(20,23-7-3)24-8-4/h9-12,15-16H,5-8H2,1-4H3. The Balaban J connectivity index is 3.06. The van der Waals surface area contributed by atoms with Crippen LogP contribution in [0.4, 0.5) is 0 Å². The largest absolute Gasteiger partial charge is 0.352 e. The van der Waals surface area contributed by atoms with Crippen LogP contribution in [0.5, 0.6) is 0 Å². The summed E-state index contributed by atoms with van der Waals surface area (Å²) >= 11 is 12.7. The van der Waals surface area contributed by atoms with Gasteiger partial charge >= 0.3 is 15.2 Å². The molecule has 1 rings (SSSR count). The summed E-state index contributed by atoms with van der Waals surface area (Å²) in [5.41, 5.74) is 1.10. The third-order valence-corrected chi connectivity index (χ3v) is 9.40. The van der Waals surface area contributed by atoms with E-state index in [1.807, 2.05) is 0 Å². The third-order valence-electron chi connectivity index (χ3n) is 3.28. The monoisotopic (exact) mass is 446 g/mol. The van der Waals surface area contributed by atoms with Crippen molar-refractivity contribution < 1.29 is 27.2 Å². The SMILES string of the molecule is CCOP(=O)(OCC)C(Cl)c1ccc(C(Cl)P(=O)(OCC)OCC)cc1. The summed E-state index contributed by atoms with van der Waals surface area (Å²) in [4.78, 5) is 0. The predicted octanol–water partition coefficient (Wildman–Crippen LogP) is 6.69. The zero-order chi connectivity index (χ0) is 19.8. The number of halogens is 2. The summed E-state index contributed by atoms with van der Waals surface area (Å²) in [5, 5.41) is -1.92. The molecule has 10 heteroatoms. The molecule has 1 aromatic rings. The van der Waals surface area contributed by atoms with E-state index >= 15 is 0 Å². The van der Waals surface area contributed by atoms with Crippen molar-refractivity contribution in [2.24, 2.45) is 0 Å². The van der Waals surface area contributed by atoms with Gasteiger partial charge in [0.2, 0.25) is 0 Å². The fourth-order valence-electron chi connectivity index (χ4n) is 2.23. The molecular formula is C16H26Cl2O6P2. The molecule has 150 valence electrons. The molecule has 1 aromatic carbocycles. The second-order valence-corrected chi connectivity index (χ2v) is 10.8. The lowest BCUT2D eigenvalue weighted by molar-refractivity contribution is 0.216. The maximum Gasteiger partial charge on any atom is 0.352 e. The highest BCUT2D eigenvalue weighted by atomic mass is 35.5. The molecule has 0 amide bonds. The van der Waals surface area contributed by atoms with Crippen molar-refractivity contribution in [3.8, 4) is 0 Å². The van der Waals surface area contributed by atoms with Crippen molar-refractivity contribution in [1.29, 1.82) is 0 Å². The van der Waals surface area contributed by atoms with E-state index in [1.54, 1.807) is 52.0 Å². The molecule has 0 saturated carbocycles. The summed E-state index contributed by atoms with van der Waals surface area (Å²) in [7, 11) is -6.99. The Morgan fingerprint density at radius 1 is 0.692 bits per heavy atom. The van der Waals surface area contributed by atoms with Gasteiger partial charge in [-0.2, -0.15) is 0 Å². The zero-order valence-corrected chi connectivity index (χ0v) is 18.7. The minimum absolute atomic E-state index is 0.216. The first-order valence-corrected chi connectivity index (χ1v) is 12.5. The second kappa shape index (κ2) is 11.2. The molecule has 0 N–H and O–H groups in total. The lowest BCUT2D eigenvalue weighted by Gasteiger charge is -2.24. The lowest BCUT2D eigenvalue weighted by atomic mass is 10.2. The Kier molecular flexibility index (Phi) is 10.4. The molecule has 0 aliphatic rings. The van der Waals surface area contributed by atoms with Crippen LogP contribution < -0.4 is 0 Å². The molecule has 0 bridgehead atoms. The molecule has 0 saturated heterocycles. The molecule has 0 aromatic heterocycles. The van der Waals surface area contributed by atoms with Gasteiger partial charge < -0.3 is 18.1 Å². The number of benzene rings is 1. The van der Waals surface area contributed by atoms with Gasteiger partial charge in [0.05, 0.1) is 26.4 Å². The molecule has 0 fully saturated rings. The molecule has 6 nitrogen and oxygen atoms in total. The van der Waals surface area contributed by atoms with Crippen LogP contribution >= 0.6 is 38.4 Å². The molecule has 0 heterocycles. The fraction of sp³-hybridized carbons (Fsp3) is 0.625. The van der Waals surface area contributed by atoms with Crippen molar-refractivity contribution >= 4 is 38.4 Å². The molecule has 0 aliphatic heterocycles. The molecule has 2 unspecified atom stereocenters. The summed E-state index contributed by atoms with van der Waals surface area (Å²) in [5.74, 6) is 0. The van der Waals surface area contributed by atoms with Crippen molar-refractivity contribution in [2.75, 3.05) is 26.4 Å². The van der Waals surface area contributed by atoms with Crippen molar-refractivity contribution in [3.05, 3.63) is 35.4 Å². The quantitative estimate of drug-likeness (QED) is 0.263. The Morgan fingerprint density at radius 2 is 0.923 bits per heavy atom. The summed E-state index contributed by atoms with van der Waals surface area (Å²) in [6, 6.07) is 6.59. The minimum atomic E-state index is -3.50. The van der Waals surface area contributed by atoms with Crippen LogP contribution in [0.3, 0.4) is 0 Å². The second-order valence-electron chi connectivity index (χ2n) is 5.09. The van der Waals surface area contributed by atoms with E-state index in [0.717, 1.165) is 0 Å². The van der Waals surface area contributed by atoms with Crippen LogP contribution in [0.1, 0.15) is 49.1 Å². The Morgan fingerprint density at radius 3 is 1.12 bits per heavy atom. The maximum atomic E-state index is 12.8. The van der Waals surface area contributed by atoms with Crippen LogP contribution in [-0.2, 0) is 27.2 Å². The Labute approximate surface area is 165 Å². The third kappa shape index (κ3) is 6.05. The van der Waals surface area contributed by atoms with Gasteiger partial charge in [-0.3, -0.25) is 9.13 Å². The predicted molar refractivity (Wildman–Crippen MR) is 105 cm³/mol. The maximum absolute atomic E-state index is 12.8. The van der Waals surface area contributed by atoms with Gasteiger partial charge in [0.15, 0.2) is 10.2 Å². The topological polar surface area (TPSA) is 71.1 Å². The van der Waals surface area contributed by atoms with Gasteiger partial charge in [-0.1, -0.05) is 24.3 Å². The number of rotatable bonds is 12. The van der Waals surface area contributed by atoms with Crippen LogP contribution in [0.2, 0.25) is 0 Å². The molecule has 2 atom stereocenters. The Bertz CT molecular complexity index is 565. The highest BCUT2D eigenvalue weighted by Gasteiger charge is 2.37. The summed E-state index contributed by atoms with van der Waals surface area (Å²) < 4.78 is 46.6. The number of hydrogen-bond donors (Lipinski definition) is 0. The summed E-state index contributed by atoms with van der Waals surface area (Å²) in [6.07, 6.45) is 0. The van der Waals surface area contributed by atoms with E-state index in [-0.39, 0.29) is 26.4 Å². The van der Waals surface area contributed by atoms with Gasteiger partial charge in [-0.25, -0.2) is 0 Å². The Hall–Kier alpha value is 0.1000. The van der Waals surface area contributed by atoms with E-state index < -0.39 is 25.4 Å². The molecule has 0 aliphatic carbocycles. The lowest BCUT2D eigenvalue weighted by Crippen LogP contribution is -2.04. The first-order valence-electron chi connectivity index (χ1n) is 8.43. The molecular weight excluding hydrogens is 421 g/mol. The van der Waals surface area contributed by atoms with E-state index in [1.165, 1.54) is 0 Å². The smallest absolute Gasteiger partial charge is 0.308 e. The van der Waals surface area contributed by atoms with E-state index in [9.17, 15) is 9.13 Å². The van der Waals surface area contributed by atoms with Gasteiger partial charge in [0, 0.05) is 0 Å². The van der Waals surface area contributed by atoms with Gasteiger partial charge in [-0.05, 0) is 38.8 Å². The van der Waals surface area contributed by atoms with Crippen LogP contribution in [-0.4, -0.2) is 26.4 Å². The van der Waals surface area contributed by atoms with Crippen molar-refractivity contribution in [2.45, 2.75) is 37.9 Å². The van der Waals surface area contributed by atoms with Crippen LogP contribution in [0.15, 0.2) is 24.3 Å². The van der Waals surface area contributed by atoms with Gasteiger partial charge in [0.25, 0.3) is 0 Å². The summed E-state index contributed by atoms with van der Waals surface area (Å²) in [6.45, 7) is 7.74. The average Bonchev–Trinajstić information content (AvgIpc) is 2.61. The highest BCUT2D eigenvalue weighted by molar-refractivity contribution is 7.56. The van der Waals surface area contributed by atoms with Crippen molar-refractivity contribution in [3.63, 3.8) is 0 Å². The van der Waals surface area contributed by atoms with Crippen LogP contribution in [0, 0.1) is 0 Å². The molecule has 0 spiro atoms. The first kappa shape index (κ1) is 24.1. The zero-order valence-electron chi connectivity index (χ0n) is 15.4. The highest BCUT2D eigenvalue weighted by Crippen LogP contribution is 2.64. The number of hydrogen-bond acceptors (Lipinski definition) is 6. The van der Waals surface area contributed by atoms with Gasteiger partial charge in [0.1, 0.15) is 0 Å². The normalized spacial score (nSPS) is 15.0. The van der Waals surface area contributed by atoms with Gasteiger partial charge in [-0.15, -0.1) is 23.2 Å². The molecule has 0 radical (unpaired) electrons. The van der Waals surface area contributed by atoms with Crippen molar-refractivity contribution in [1.82, 2.24) is 0 Å². The minimum Gasteiger partial charge on any atom is -0.308 e. The fourth-order valence-corrected chi connectivity index (χ4v) is 6.39. The molecule has 26 heavy (non-hydrogen) atoms. The van der Waals surface area contributed by atoms with Crippen LogP contribution in [0.25, 0.3) is 0 Å². The average molecular weight is 447 g/mol. The van der Waals surface area contributed by atoms with E-state index in [0.29, 0.717) is 11.1 Å². The van der Waals surface area contributed by atoms with E-state index in [2.05, 4.69) is 0 Å². The van der Waals surface area contributed by atoms with E-state index in [4.69, 9.17) is 41.3 Å². The first-order chi connectivity index (χ1) is 12.3. The number of alkyl halides is 2.